The number of hydrogen-bond acceptors (Lipinski definition) is 2. The molecule has 2 heterocycles. The van der Waals surface area contributed by atoms with Crippen LogP contribution >= 0.6 is 11.6 Å². The van der Waals surface area contributed by atoms with Gasteiger partial charge in [-0.1, -0.05) is 48.0 Å². The van der Waals surface area contributed by atoms with Gasteiger partial charge in [-0.2, -0.15) is 0 Å². The van der Waals surface area contributed by atoms with Crippen molar-refractivity contribution in [1.82, 2.24) is 9.80 Å². The molecule has 0 spiro atoms. The standard InChI is InChI=1S/C21H23ClN2O/c22-20-8-4-3-7-19(20)21(25)23-13-10-18(11-14-23)24-12-9-16-5-1-2-6-17(16)15-24/h1-8,18H,9-15H2. The number of piperidine rings is 1. The highest BCUT2D eigenvalue weighted by molar-refractivity contribution is 6.33. The molecule has 0 radical (unpaired) electrons. The molecule has 0 saturated carbocycles. The predicted octanol–water partition coefficient (Wildman–Crippen LogP) is 4.00. The molecule has 3 nitrogen and oxygen atoms in total. The van der Waals surface area contributed by atoms with Gasteiger partial charge in [-0.3, -0.25) is 9.69 Å². The molecule has 130 valence electrons. The first-order chi connectivity index (χ1) is 12.2. The number of fused-ring (bicyclic) bond motifs is 1. The number of nitrogens with zero attached hydrogens (tertiary/aromatic N) is 2. The third kappa shape index (κ3) is 3.44. The summed E-state index contributed by atoms with van der Waals surface area (Å²) in [6.07, 6.45) is 3.21. The van der Waals surface area contributed by atoms with Crippen molar-refractivity contribution in [3.05, 3.63) is 70.2 Å². The first-order valence-electron chi connectivity index (χ1n) is 9.07. The molecule has 0 unspecified atom stereocenters. The molecule has 25 heavy (non-hydrogen) atoms. The molecule has 1 fully saturated rings. The number of benzene rings is 2. The second-order valence-corrected chi connectivity index (χ2v) is 7.40. The second kappa shape index (κ2) is 7.19. The zero-order chi connectivity index (χ0) is 17.2. The molecule has 1 saturated heterocycles. The van der Waals surface area contributed by atoms with Crippen molar-refractivity contribution in [2.24, 2.45) is 0 Å². The van der Waals surface area contributed by atoms with E-state index in [0.29, 0.717) is 16.6 Å². The number of likely N-dealkylation sites (tertiary alicyclic amines) is 1. The lowest BCUT2D eigenvalue weighted by atomic mass is 9.95. The van der Waals surface area contributed by atoms with Crippen LogP contribution in [0.4, 0.5) is 0 Å². The van der Waals surface area contributed by atoms with Crippen molar-refractivity contribution in [2.75, 3.05) is 19.6 Å². The molecule has 0 aliphatic carbocycles. The third-order valence-corrected chi connectivity index (χ3v) is 5.86. The van der Waals surface area contributed by atoms with Crippen LogP contribution in [0.1, 0.15) is 34.3 Å². The Labute approximate surface area is 154 Å². The second-order valence-electron chi connectivity index (χ2n) is 6.99. The number of hydrogen-bond donors (Lipinski definition) is 0. The highest BCUT2D eigenvalue weighted by atomic mass is 35.5. The quantitative estimate of drug-likeness (QED) is 0.813. The van der Waals surface area contributed by atoms with E-state index < -0.39 is 0 Å². The molecule has 4 rings (SSSR count). The molecule has 2 aliphatic rings. The summed E-state index contributed by atoms with van der Waals surface area (Å²) in [6, 6.07) is 16.7. The fourth-order valence-corrected chi connectivity index (χ4v) is 4.28. The summed E-state index contributed by atoms with van der Waals surface area (Å²) in [7, 11) is 0. The van der Waals surface area contributed by atoms with Crippen LogP contribution in [0.2, 0.25) is 5.02 Å². The van der Waals surface area contributed by atoms with Crippen LogP contribution in [0.25, 0.3) is 0 Å². The lowest BCUT2D eigenvalue weighted by Crippen LogP contribution is -2.48. The van der Waals surface area contributed by atoms with E-state index in [1.807, 2.05) is 23.1 Å². The van der Waals surface area contributed by atoms with Crippen molar-refractivity contribution in [3.8, 4) is 0 Å². The van der Waals surface area contributed by atoms with Crippen molar-refractivity contribution >= 4 is 17.5 Å². The molecule has 0 aromatic heterocycles. The van der Waals surface area contributed by atoms with Crippen LogP contribution in [0.5, 0.6) is 0 Å². The summed E-state index contributed by atoms with van der Waals surface area (Å²) in [5.74, 6) is 0.0630. The highest BCUT2D eigenvalue weighted by Crippen LogP contribution is 2.26. The van der Waals surface area contributed by atoms with E-state index in [9.17, 15) is 4.79 Å². The normalized spacial score (nSPS) is 18.8. The maximum absolute atomic E-state index is 12.7. The summed E-state index contributed by atoms with van der Waals surface area (Å²) in [6.45, 7) is 3.79. The maximum Gasteiger partial charge on any atom is 0.255 e. The van der Waals surface area contributed by atoms with Crippen LogP contribution in [0, 0.1) is 0 Å². The molecule has 1 amide bonds. The molecule has 2 aromatic rings. The Kier molecular flexibility index (Phi) is 4.78. The number of carbonyl (C=O) groups is 1. The van der Waals surface area contributed by atoms with Gasteiger partial charge in [0.1, 0.15) is 0 Å². The summed E-state index contributed by atoms with van der Waals surface area (Å²) >= 11 is 6.18. The van der Waals surface area contributed by atoms with Gasteiger partial charge in [-0.15, -0.1) is 0 Å². The van der Waals surface area contributed by atoms with Crippen LogP contribution < -0.4 is 0 Å². The Morgan fingerprint density at radius 3 is 2.36 bits per heavy atom. The van der Waals surface area contributed by atoms with Crippen LogP contribution in [-0.4, -0.2) is 41.4 Å². The number of carbonyl (C=O) groups excluding carboxylic acids is 1. The lowest BCUT2D eigenvalue weighted by molar-refractivity contribution is 0.0599. The van der Waals surface area contributed by atoms with Gasteiger partial charge in [0, 0.05) is 32.2 Å². The van der Waals surface area contributed by atoms with E-state index in [-0.39, 0.29) is 5.91 Å². The third-order valence-electron chi connectivity index (χ3n) is 5.53. The summed E-state index contributed by atoms with van der Waals surface area (Å²) in [5.41, 5.74) is 3.57. The Bertz CT molecular complexity index is 768. The molecule has 2 aliphatic heterocycles. The first-order valence-corrected chi connectivity index (χ1v) is 9.45. The monoisotopic (exact) mass is 354 g/mol. The van der Waals surface area contributed by atoms with Crippen molar-refractivity contribution in [1.29, 1.82) is 0 Å². The molecule has 0 bridgehead atoms. The largest absolute Gasteiger partial charge is 0.338 e. The van der Waals surface area contributed by atoms with Gasteiger partial charge < -0.3 is 4.90 Å². The number of amides is 1. The van der Waals surface area contributed by atoms with Crippen molar-refractivity contribution < 1.29 is 4.79 Å². The SMILES string of the molecule is O=C(c1ccccc1Cl)N1CCC(N2CCc3ccccc3C2)CC1. The van der Waals surface area contributed by atoms with Gasteiger partial charge in [0.2, 0.25) is 0 Å². The summed E-state index contributed by atoms with van der Waals surface area (Å²) in [5, 5.41) is 0.544. The number of halogens is 1. The van der Waals surface area contributed by atoms with E-state index in [0.717, 1.165) is 45.4 Å². The zero-order valence-electron chi connectivity index (χ0n) is 14.3. The fourth-order valence-electron chi connectivity index (χ4n) is 4.07. The molecular weight excluding hydrogens is 332 g/mol. The summed E-state index contributed by atoms with van der Waals surface area (Å²) in [4.78, 5) is 17.2. The topological polar surface area (TPSA) is 23.6 Å². The van der Waals surface area contributed by atoms with Gasteiger partial charge in [0.25, 0.3) is 5.91 Å². The van der Waals surface area contributed by atoms with E-state index in [2.05, 4.69) is 29.2 Å². The number of rotatable bonds is 2. The van der Waals surface area contributed by atoms with E-state index >= 15 is 0 Å². The summed E-state index contributed by atoms with van der Waals surface area (Å²) < 4.78 is 0. The zero-order valence-corrected chi connectivity index (χ0v) is 15.1. The van der Waals surface area contributed by atoms with Gasteiger partial charge >= 0.3 is 0 Å². The molecule has 0 N–H and O–H groups in total. The lowest BCUT2D eigenvalue weighted by Gasteiger charge is -2.40. The van der Waals surface area contributed by atoms with Crippen molar-refractivity contribution in [2.45, 2.75) is 31.8 Å². The Morgan fingerprint density at radius 2 is 1.60 bits per heavy atom. The minimum absolute atomic E-state index is 0.0630. The highest BCUT2D eigenvalue weighted by Gasteiger charge is 2.29. The fraction of sp³-hybridized carbons (Fsp3) is 0.381. The van der Waals surface area contributed by atoms with E-state index in [1.54, 1.807) is 6.07 Å². The first kappa shape index (κ1) is 16.6. The van der Waals surface area contributed by atoms with Crippen molar-refractivity contribution in [3.63, 3.8) is 0 Å². The molecule has 2 aromatic carbocycles. The Balaban J connectivity index is 1.38. The Morgan fingerprint density at radius 1 is 0.920 bits per heavy atom. The molecule has 4 heteroatoms. The van der Waals surface area contributed by atoms with Gasteiger partial charge in [0.15, 0.2) is 0 Å². The predicted molar refractivity (Wildman–Crippen MR) is 101 cm³/mol. The average Bonchev–Trinajstić information content (AvgIpc) is 2.67. The van der Waals surface area contributed by atoms with Crippen LogP contribution in [-0.2, 0) is 13.0 Å². The van der Waals surface area contributed by atoms with Crippen LogP contribution in [0.3, 0.4) is 0 Å². The van der Waals surface area contributed by atoms with E-state index in [4.69, 9.17) is 11.6 Å². The van der Waals surface area contributed by atoms with Crippen LogP contribution in [0.15, 0.2) is 48.5 Å². The van der Waals surface area contributed by atoms with Gasteiger partial charge in [0.05, 0.1) is 10.6 Å². The smallest absolute Gasteiger partial charge is 0.255 e. The Hall–Kier alpha value is -1.84. The molecule has 0 atom stereocenters. The molecular formula is C21H23ClN2O. The van der Waals surface area contributed by atoms with Gasteiger partial charge in [-0.05, 0) is 42.5 Å². The van der Waals surface area contributed by atoms with Gasteiger partial charge in [-0.25, -0.2) is 0 Å². The minimum atomic E-state index is 0.0630. The minimum Gasteiger partial charge on any atom is -0.338 e. The van der Waals surface area contributed by atoms with E-state index in [1.165, 1.54) is 11.1 Å². The maximum atomic E-state index is 12.7. The average molecular weight is 355 g/mol.